The third-order valence-corrected chi connectivity index (χ3v) is 3.15. The molecule has 5 heteroatoms. The lowest BCUT2D eigenvalue weighted by atomic mass is 10.1. The first-order valence-corrected chi connectivity index (χ1v) is 6.78. The number of hydrogen-bond donors (Lipinski definition) is 1. The molecule has 0 saturated carbocycles. The number of benzene rings is 2. The van der Waals surface area contributed by atoms with Gasteiger partial charge in [-0.15, -0.1) is 5.10 Å². The van der Waals surface area contributed by atoms with Gasteiger partial charge in [-0.2, -0.15) is 0 Å². The van der Waals surface area contributed by atoms with Crippen molar-refractivity contribution in [2.75, 3.05) is 12.3 Å². The first-order valence-electron chi connectivity index (χ1n) is 6.78. The van der Waals surface area contributed by atoms with Crippen molar-refractivity contribution in [2.45, 2.75) is 6.92 Å². The van der Waals surface area contributed by atoms with Crippen LogP contribution in [0.5, 0.6) is 5.75 Å². The number of rotatable bonds is 4. The van der Waals surface area contributed by atoms with E-state index < -0.39 is 0 Å². The Morgan fingerprint density at radius 1 is 1.05 bits per heavy atom. The molecule has 1 aromatic heterocycles. The highest BCUT2D eigenvalue weighted by Crippen LogP contribution is 2.24. The molecule has 0 unspecified atom stereocenters. The first kappa shape index (κ1) is 13.2. The molecule has 3 rings (SSSR count). The summed E-state index contributed by atoms with van der Waals surface area (Å²) in [4.78, 5) is 0. The van der Waals surface area contributed by atoms with Crippen LogP contribution < -0.4 is 10.5 Å². The molecule has 0 aliphatic heterocycles. The molecule has 0 bridgehead atoms. The van der Waals surface area contributed by atoms with Gasteiger partial charge in [-0.1, -0.05) is 5.21 Å². The maximum Gasteiger partial charge on any atom is 0.119 e. The van der Waals surface area contributed by atoms with E-state index in [2.05, 4.69) is 10.3 Å². The third-order valence-electron chi connectivity index (χ3n) is 3.15. The van der Waals surface area contributed by atoms with Gasteiger partial charge in [0.15, 0.2) is 0 Å². The number of nitrogens with zero attached hydrogens (tertiary/aromatic N) is 3. The summed E-state index contributed by atoms with van der Waals surface area (Å²) in [5.41, 5.74) is 9.31. The van der Waals surface area contributed by atoms with E-state index in [1.54, 1.807) is 10.9 Å². The van der Waals surface area contributed by atoms with Crippen molar-refractivity contribution in [1.29, 1.82) is 0 Å². The summed E-state index contributed by atoms with van der Waals surface area (Å²) < 4.78 is 7.24. The molecule has 0 amide bonds. The minimum absolute atomic E-state index is 0.657. The lowest BCUT2D eigenvalue weighted by Gasteiger charge is -2.08. The minimum atomic E-state index is 0.657. The minimum Gasteiger partial charge on any atom is -0.494 e. The van der Waals surface area contributed by atoms with Gasteiger partial charge in [-0.05, 0) is 55.5 Å². The van der Waals surface area contributed by atoms with Gasteiger partial charge in [0.05, 0.1) is 24.2 Å². The fourth-order valence-electron chi connectivity index (χ4n) is 2.13. The first-order chi connectivity index (χ1) is 10.3. The zero-order valence-electron chi connectivity index (χ0n) is 11.7. The Kier molecular flexibility index (Phi) is 3.55. The maximum absolute atomic E-state index is 5.72. The van der Waals surface area contributed by atoms with Crippen LogP contribution in [0.3, 0.4) is 0 Å². The zero-order chi connectivity index (χ0) is 14.7. The van der Waals surface area contributed by atoms with Crippen LogP contribution in [0, 0.1) is 0 Å². The van der Waals surface area contributed by atoms with E-state index in [1.165, 1.54) is 0 Å². The predicted octanol–water partition coefficient (Wildman–Crippen LogP) is 2.92. The molecule has 0 aliphatic carbocycles. The molecule has 3 aromatic rings. The maximum atomic E-state index is 5.72. The Balaban J connectivity index is 1.96. The van der Waals surface area contributed by atoms with Crippen molar-refractivity contribution >= 4 is 5.69 Å². The third kappa shape index (κ3) is 2.72. The summed E-state index contributed by atoms with van der Waals surface area (Å²) in [6.45, 7) is 2.62. The van der Waals surface area contributed by atoms with E-state index in [1.807, 2.05) is 55.5 Å². The van der Waals surface area contributed by atoms with Crippen LogP contribution in [0.4, 0.5) is 5.69 Å². The lowest BCUT2D eigenvalue weighted by Crippen LogP contribution is -1.99. The molecule has 0 atom stereocenters. The molecule has 21 heavy (non-hydrogen) atoms. The second-order valence-electron chi connectivity index (χ2n) is 4.58. The number of hydrogen-bond acceptors (Lipinski definition) is 4. The quantitative estimate of drug-likeness (QED) is 0.746. The van der Waals surface area contributed by atoms with Gasteiger partial charge in [0, 0.05) is 11.3 Å². The summed E-state index contributed by atoms with van der Waals surface area (Å²) in [7, 11) is 0. The van der Waals surface area contributed by atoms with Crippen LogP contribution in [0.15, 0.2) is 54.7 Å². The fourth-order valence-corrected chi connectivity index (χ4v) is 2.13. The Morgan fingerprint density at radius 2 is 1.76 bits per heavy atom. The van der Waals surface area contributed by atoms with Crippen LogP contribution >= 0.6 is 0 Å². The van der Waals surface area contributed by atoms with Crippen molar-refractivity contribution in [1.82, 2.24) is 15.0 Å². The highest BCUT2D eigenvalue weighted by molar-refractivity contribution is 5.62. The second-order valence-corrected chi connectivity index (χ2v) is 4.58. The monoisotopic (exact) mass is 280 g/mol. The lowest BCUT2D eigenvalue weighted by molar-refractivity contribution is 0.340. The van der Waals surface area contributed by atoms with Gasteiger partial charge in [-0.3, -0.25) is 0 Å². The van der Waals surface area contributed by atoms with Crippen LogP contribution in [-0.2, 0) is 0 Å². The summed E-state index contributed by atoms with van der Waals surface area (Å²) in [5, 5.41) is 8.15. The molecule has 0 saturated heterocycles. The molecule has 0 fully saturated rings. The van der Waals surface area contributed by atoms with Gasteiger partial charge in [-0.25, -0.2) is 4.68 Å². The van der Waals surface area contributed by atoms with Crippen molar-refractivity contribution < 1.29 is 4.74 Å². The molecular formula is C16H16N4O. The van der Waals surface area contributed by atoms with Crippen molar-refractivity contribution in [3.8, 4) is 22.7 Å². The number of nitrogen functional groups attached to an aromatic ring is 1. The molecule has 0 radical (unpaired) electrons. The molecule has 0 spiro atoms. The van der Waals surface area contributed by atoms with Crippen LogP contribution in [0.25, 0.3) is 16.9 Å². The van der Waals surface area contributed by atoms with Crippen LogP contribution in [0.2, 0.25) is 0 Å². The number of ether oxygens (including phenoxy) is 1. The normalized spacial score (nSPS) is 10.5. The van der Waals surface area contributed by atoms with E-state index in [0.29, 0.717) is 6.61 Å². The van der Waals surface area contributed by atoms with Crippen LogP contribution in [-0.4, -0.2) is 21.6 Å². The predicted molar refractivity (Wildman–Crippen MR) is 82.4 cm³/mol. The largest absolute Gasteiger partial charge is 0.494 e. The highest BCUT2D eigenvalue weighted by atomic mass is 16.5. The summed E-state index contributed by atoms with van der Waals surface area (Å²) >= 11 is 0. The Morgan fingerprint density at radius 3 is 2.43 bits per heavy atom. The van der Waals surface area contributed by atoms with Gasteiger partial charge in [0.25, 0.3) is 0 Å². The van der Waals surface area contributed by atoms with Gasteiger partial charge in [0.1, 0.15) is 5.75 Å². The fraction of sp³-hybridized carbons (Fsp3) is 0.125. The SMILES string of the molecule is CCOc1ccc(-c2cnnn2-c2ccc(N)cc2)cc1. The van der Waals surface area contributed by atoms with Crippen molar-refractivity contribution in [3.05, 3.63) is 54.7 Å². The molecule has 5 nitrogen and oxygen atoms in total. The summed E-state index contributed by atoms with van der Waals surface area (Å²) in [5.74, 6) is 0.854. The van der Waals surface area contributed by atoms with E-state index in [0.717, 1.165) is 28.4 Å². The van der Waals surface area contributed by atoms with Crippen molar-refractivity contribution in [2.24, 2.45) is 0 Å². The Bertz CT molecular complexity index is 717. The molecular weight excluding hydrogens is 264 g/mol. The molecule has 106 valence electrons. The summed E-state index contributed by atoms with van der Waals surface area (Å²) in [6, 6.07) is 15.4. The van der Waals surface area contributed by atoms with Gasteiger partial charge < -0.3 is 10.5 Å². The topological polar surface area (TPSA) is 66.0 Å². The smallest absolute Gasteiger partial charge is 0.119 e. The molecule has 1 heterocycles. The Labute approximate surface area is 123 Å². The van der Waals surface area contributed by atoms with Crippen molar-refractivity contribution in [3.63, 3.8) is 0 Å². The average Bonchev–Trinajstić information content (AvgIpc) is 2.99. The highest BCUT2D eigenvalue weighted by Gasteiger charge is 2.08. The number of nitrogens with two attached hydrogens (primary N) is 1. The van der Waals surface area contributed by atoms with Crippen LogP contribution in [0.1, 0.15) is 6.92 Å². The standard InChI is InChI=1S/C16H16N4O/c1-2-21-15-9-3-12(4-10-15)16-11-18-19-20(16)14-7-5-13(17)6-8-14/h3-11H,2,17H2,1H3. The molecule has 0 aliphatic rings. The Hall–Kier alpha value is -2.82. The molecule has 2 aromatic carbocycles. The number of anilines is 1. The zero-order valence-corrected chi connectivity index (χ0v) is 11.7. The van der Waals surface area contributed by atoms with E-state index in [4.69, 9.17) is 10.5 Å². The van der Waals surface area contributed by atoms with E-state index in [-0.39, 0.29) is 0 Å². The van der Waals surface area contributed by atoms with E-state index >= 15 is 0 Å². The molecule has 2 N–H and O–H groups in total. The van der Waals surface area contributed by atoms with Gasteiger partial charge >= 0.3 is 0 Å². The number of aromatic nitrogens is 3. The summed E-state index contributed by atoms with van der Waals surface area (Å²) in [6.07, 6.45) is 1.74. The average molecular weight is 280 g/mol. The van der Waals surface area contributed by atoms with Gasteiger partial charge in [0.2, 0.25) is 0 Å². The second kappa shape index (κ2) is 5.66. The van der Waals surface area contributed by atoms with E-state index in [9.17, 15) is 0 Å².